The molecule has 1 fully saturated rings. The number of methoxy groups -OCH3 is 1. The van der Waals surface area contributed by atoms with Crippen molar-refractivity contribution < 1.29 is 23.9 Å². The number of amides is 3. The molecular weight excluding hydrogens is 362 g/mol. The first-order valence-electron chi connectivity index (χ1n) is 8.78. The van der Waals surface area contributed by atoms with Gasteiger partial charge in [0.15, 0.2) is 18.1 Å². The van der Waals surface area contributed by atoms with Crippen LogP contribution in [0.5, 0.6) is 11.5 Å². The van der Waals surface area contributed by atoms with Gasteiger partial charge in [-0.25, -0.2) is 0 Å². The fraction of sp³-hybridized carbons (Fsp3) is 0.250. The Labute approximate surface area is 162 Å². The van der Waals surface area contributed by atoms with E-state index in [-0.39, 0.29) is 29.9 Å². The molecule has 0 heterocycles. The van der Waals surface area contributed by atoms with Crippen LogP contribution in [0, 0.1) is 0 Å². The highest BCUT2D eigenvalue weighted by atomic mass is 16.5. The van der Waals surface area contributed by atoms with E-state index in [1.807, 2.05) is 0 Å². The lowest BCUT2D eigenvalue weighted by Crippen LogP contribution is -2.26. The van der Waals surface area contributed by atoms with Crippen LogP contribution in [0.1, 0.15) is 33.6 Å². The van der Waals surface area contributed by atoms with Gasteiger partial charge >= 0.3 is 0 Å². The molecule has 146 valence electrons. The highest BCUT2D eigenvalue weighted by Gasteiger charge is 2.24. The van der Waals surface area contributed by atoms with Crippen LogP contribution in [0.3, 0.4) is 0 Å². The van der Waals surface area contributed by atoms with Gasteiger partial charge < -0.3 is 25.8 Å². The molecule has 0 unspecified atom stereocenters. The lowest BCUT2D eigenvalue weighted by atomic mass is 10.1. The molecule has 2 aromatic carbocycles. The molecule has 0 aromatic heterocycles. The number of rotatable bonds is 8. The number of ether oxygens (including phenoxy) is 2. The molecule has 3 rings (SSSR count). The number of anilines is 1. The van der Waals surface area contributed by atoms with Gasteiger partial charge in [-0.3, -0.25) is 14.4 Å². The van der Waals surface area contributed by atoms with E-state index in [4.69, 9.17) is 15.2 Å². The monoisotopic (exact) mass is 383 g/mol. The summed E-state index contributed by atoms with van der Waals surface area (Å²) in [4.78, 5) is 35.9. The summed E-state index contributed by atoms with van der Waals surface area (Å²) in [5.74, 6) is -0.923. The van der Waals surface area contributed by atoms with E-state index in [0.717, 1.165) is 12.8 Å². The van der Waals surface area contributed by atoms with Crippen LogP contribution in [0.2, 0.25) is 0 Å². The van der Waals surface area contributed by atoms with Crippen LogP contribution in [0.4, 0.5) is 5.69 Å². The minimum atomic E-state index is -0.691. The van der Waals surface area contributed by atoms with Crippen molar-refractivity contribution in [3.8, 4) is 11.5 Å². The number of carbonyl (C=O) groups excluding carboxylic acids is 3. The van der Waals surface area contributed by atoms with E-state index in [2.05, 4.69) is 10.6 Å². The summed E-state index contributed by atoms with van der Waals surface area (Å²) < 4.78 is 10.6. The number of nitrogens with two attached hydrogens (primary N) is 1. The summed E-state index contributed by atoms with van der Waals surface area (Å²) in [6.45, 7) is -0.362. The van der Waals surface area contributed by atoms with Gasteiger partial charge in [-0.05, 0) is 43.2 Å². The Morgan fingerprint density at radius 1 is 1.14 bits per heavy atom. The Hall–Kier alpha value is -3.55. The van der Waals surface area contributed by atoms with E-state index >= 15 is 0 Å². The molecule has 3 amide bonds. The fourth-order valence-electron chi connectivity index (χ4n) is 2.59. The first kappa shape index (κ1) is 19.2. The zero-order valence-electron chi connectivity index (χ0n) is 15.4. The van der Waals surface area contributed by atoms with E-state index < -0.39 is 11.8 Å². The summed E-state index contributed by atoms with van der Waals surface area (Å²) in [7, 11) is 1.42. The molecule has 0 spiro atoms. The highest BCUT2D eigenvalue weighted by Crippen LogP contribution is 2.30. The van der Waals surface area contributed by atoms with Crippen molar-refractivity contribution in [2.75, 3.05) is 19.0 Å². The predicted octanol–water partition coefficient (Wildman–Crippen LogP) is 1.70. The van der Waals surface area contributed by atoms with Crippen LogP contribution >= 0.6 is 0 Å². The molecule has 4 N–H and O–H groups in total. The van der Waals surface area contributed by atoms with Gasteiger partial charge in [-0.2, -0.15) is 0 Å². The van der Waals surface area contributed by atoms with Crippen molar-refractivity contribution >= 4 is 23.4 Å². The second kappa shape index (κ2) is 8.43. The van der Waals surface area contributed by atoms with Gasteiger partial charge in [0.2, 0.25) is 0 Å². The smallest absolute Gasteiger partial charge is 0.262 e. The number of para-hydroxylation sites is 1. The Morgan fingerprint density at radius 2 is 1.89 bits per heavy atom. The van der Waals surface area contributed by atoms with Gasteiger partial charge in [-0.15, -0.1) is 0 Å². The number of primary amides is 1. The third kappa shape index (κ3) is 4.79. The molecule has 1 saturated carbocycles. The predicted molar refractivity (Wildman–Crippen MR) is 103 cm³/mol. The summed E-state index contributed by atoms with van der Waals surface area (Å²) in [5.41, 5.74) is 6.38. The molecule has 8 heteroatoms. The minimum Gasteiger partial charge on any atom is -0.493 e. The van der Waals surface area contributed by atoms with Crippen molar-refractivity contribution in [3.05, 3.63) is 53.6 Å². The van der Waals surface area contributed by atoms with Crippen molar-refractivity contribution in [1.82, 2.24) is 5.32 Å². The zero-order chi connectivity index (χ0) is 20.1. The summed E-state index contributed by atoms with van der Waals surface area (Å²) >= 11 is 0. The molecule has 28 heavy (non-hydrogen) atoms. The Balaban J connectivity index is 1.64. The SMILES string of the molecule is COc1cccc(C(N)=O)c1OCC(=O)Nc1cccc(C(=O)NC2CC2)c1. The number of nitrogens with one attached hydrogen (secondary N) is 2. The van der Waals surface area contributed by atoms with E-state index in [0.29, 0.717) is 17.0 Å². The third-order valence-electron chi connectivity index (χ3n) is 4.13. The van der Waals surface area contributed by atoms with Gasteiger partial charge in [0.25, 0.3) is 17.7 Å². The largest absolute Gasteiger partial charge is 0.493 e. The van der Waals surface area contributed by atoms with E-state index in [1.165, 1.54) is 13.2 Å². The standard InChI is InChI=1S/C20H21N3O5/c1-27-16-7-3-6-15(19(21)25)18(16)28-11-17(24)22-14-5-2-4-12(10-14)20(26)23-13-8-9-13/h2-7,10,13H,8-9,11H2,1H3,(H2,21,25)(H,22,24)(H,23,26). The average molecular weight is 383 g/mol. The summed E-state index contributed by atoms with van der Waals surface area (Å²) in [6.07, 6.45) is 1.99. The minimum absolute atomic E-state index is 0.102. The normalized spacial score (nSPS) is 12.8. The summed E-state index contributed by atoms with van der Waals surface area (Å²) in [5, 5.41) is 5.55. The van der Waals surface area contributed by atoms with Crippen LogP contribution in [-0.2, 0) is 4.79 Å². The maximum absolute atomic E-state index is 12.2. The molecule has 8 nitrogen and oxygen atoms in total. The van der Waals surface area contributed by atoms with Crippen molar-refractivity contribution in [1.29, 1.82) is 0 Å². The Morgan fingerprint density at radius 3 is 2.57 bits per heavy atom. The first-order valence-corrected chi connectivity index (χ1v) is 8.78. The number of hydrogen-bond donors (Lipinski definition) is 3. The number of benzene rings is 2. The van der Waals surface area contributed by atoms with Crippen LogP contribution in [0.25, 0.3) is 0 Å². The first-order chi connectivity index (χ1) is 13.5. The molecule has 2 aromatic rings. The van der Waals surface area contributed by atoms with Crippen molar-refractivity contribution in [2.24, 2.45) is 5.73 Å². The van der Waals surface area contributed by atoms with Gasteiger partial charge in [-0.1, -0.05) is 12.1 Å². The molecular formula is C20H21N3O5. The molecule has 0 atom stereocenters. The second-order valence-corrected chi connectivity index (χ2v) is 6.37. The highest BCUT2D eigenvalue weighted by molar-refractivity contribution is 5.98. The van der Waals surface area contributed by atoms with E-state index in [9.17, 15) is 14.4 Å². The molecule has 0 bridgehead atoms. The molecule has 1 aliphatic rings. The van der Waals surface area contributed by atoms with Crippen LogP contribution < -0.4 is 25.8 Å². The zero-order valence-corrected chi connectivity index (χ0v) is 15.4. The lowest BCUT2D eigenvalue weighted by molar-refractivity contribution is -0.118. The topological polar surface area (TPSA) is 120 Å². The molecule has 0 saturated heterocycles. The molecule has 0 aliphatic heterocycles. The Bertz CT molecular complexity index is 908. The maximum atomic E-state index is 12.2. The number of carbonyl (C=O) groups is 3. The average Bonchev–Trinajstić information content (AvgIpc) is 3.50. The van der Waals surface area contributed by atoms with Gasteiger partial charge in [0.1, 0.15) is 0 Å². The second-order valence-electron chi connectivity index (χ2n) is 6.37. The fourth-order valence-corrected chi connectivity index (χ4v) is 2.59. The quantitative estimate of drug-likeness (QED) is 0.641. The lowest BCUT2D eigenvalue weighted by Gasteiger charge is -2.13. The Kier molecular flexibility index (Phi) is 5.78. The molecule has 0 radical (unpaired) electrons. The maximum Gasteiger partial charge on any atom is 0.262 e. The van der Waals surface area contributed by atoms with Crippen molar-refractivity contribution in [2.45, 2.75) is 18.9 Å². The van der Waals surface area contributed by atoms with Gasteiger partial charge in [0.05, 0.1) is 12.7 Å². The van der Waals surface area contributed by atoms with Crippen molar-refractivity contribution in [3.63, 3.8) is 0 Å². The number of hydrogen-bond acceptors (Lipinski definition) is 5. The molecule has 1 aliphatic carbocycles. The van der Waals surface area contributed by atoms with Gasteiger partial charge in [0, 0.05) is 17.3 Å². The van der Waals surface area contributed by atoms with Crippen LogP contribution in [-0.4, -0.2) is 37.5 Å². The third-order valence-corrected chi connectivity index (χ3v) is 4.13. The van der Waals surface area contributed by atoms with Crippen LogP contribution in [0.15, 0.2) is 42.5 Å². The summed E-state index contributed by atoms with van der Waals surface area (Å²) in [6, 6.07) is 11.6. The van der Waals surface area contributed by atoms with E-state index in [1.54, 1.807) is 36.4 Å².